The highest BCUT2D eigenvalue weighted by atomic mass is 16.5. The summed E-state index contributed by atoms with van der Waals surface area (Å²) in [4.78, 5) is 1.68. The lowest BCUT2D eigenvalue weighted by atomic mass is 9.73. The molecule has 0 amide bonds. The van der Waals surface area contributed by atoms with Gasteiger partial charge >= 0.3 is 0 Å². The van der Waals surface area contributed by atoms with Crippen LogP contribution in [0.15, 0.2) is 0 Å². The van der Waals surface area contributed by atoms with E-state index in [0.717, 1.165) is 11.8 Å². The summed E-state index contributed by atoms with van der Waals surface area (Å²) in [6.07, 6.45) is 4.41. The number of fused-ring (bicyclic) bond motifs is 1. The molecule has 0 aromatic carbocycles. The molecule has 1 saturated carbocycles. The fraction of sp³-hybridized carbons (Fsp3) is 1.00. The lowest BCUT2D eigenvalue weighted by Crippen LogP contribution is -3.11. The minimum atomic E-state index is 0.321. The first kappa shape index (κ1) is 11.4. The van der Waals surface area contributed by atoms with Crippen LogP contribution in [-0.4, -0.2) is 46.6 Å². The minimum absolute atomic E-state index is 0.321. The van der Waals surface area contributed by atoms with E-state index in [0.29, 0.717) is 12.2 Å². The third-order valence-corrected chi connectivity index (χ3v) is 4.31. The number of likely N-dealkylation sites (tertiary alicyclic amines) is 1. The van der Waals surface area contributed by atoms with Gasteiger partial charge in [-0.05, 0) is 25.2 Å². The normalized spacial score (nSPS) is 46.2. The molecule has 0 aromatic rings. The Kier molecular flexibility index (Phi) is 3.65. The molecule has 2 aliphatic rings. The molecule has 5 unspecified atom stereocenters. The Morgan fingerprint density at radius 3 is 2.20 bits per heavy atom. The topological polar surface area (TPSA) is 22.9 Å². The first-order chi connectivity index (χ1) is 7.24. The van der Waals surface area contributed by atoms with Crippen LogP contribution in [0.3, 0.4) is 0 Å². The average Bonchev–Trinajstić information content (AvgIpc) is 2.27. The van der Waals surface area contributed by atoms with Crippen molar-refractivity contribution in [2.45, 2.75) is 31.5 Å². The number of quaternary nitrogens is 1. The highest BCUT2D eigenvalue weighted by molar-refractivity contribution is 4.88. The van der Waals surface area contributed by atoms with Gasteiger partial charge in [0.25, 0.3) is 0 Å². The van der Waals surface area contributed by atoms with Gasteiger partial charge in [0.2, 0.25) is 0 Å². The van der Waals surface area contributed by atoms with Gasteiger partial charge in [-0.1, -0.05) is 0 Å². The van der Waals surface area contributed by atoms with Crippen LogP contribution in [-0.2, 0) is 9.47 Å². The molecule has 88 valence electrons. The van der Waals surface area contributed by atoms with Gasteiger partial charge in [0, 0.05) is 20.1 Å². The number of methoxy groups -OCH3 is 2. The molecule has 2 rings (SSSR count). The van der Waals surface area contributed by atoms with E-state index < -0.39 is 0 Å². The van der Waals surface area contributed by atoms with Crippen LogP contribution in [0.4, 0.5) is 0 Å². The van der Waals surface area contributed by atoms with Gasteiger partial charge in [0.15, 0.2) is 0 Å². The van der Waals surface area contributed by atoms with Gasteiger partial charge in [-0.15, -0.1) is 0 Å². The molecule has 5 atom stereocenters. The Balaban J connectivity index is 1.99. The maximum Gasteiger partial charge on any atom is 0.0837 e. The van der Waals surface area contributed by atoms with Gasteiger partial charge in [0.1, 0.15) is 0 Å². The Hall–Kier alpha value is -0.120. The van der Waals surface area contributed by atoms with Crippen LogP contribution in [0.25, 0.3) is 0 Å². The van der Waals surface area contributed by atoms with Gasteiger partial charge in [-0.25, -0.2) is 0 Å². The van der Waals surface area contributed by atoms with Crippen LogP contribution >= 0.6 is 0 Å². The maximum atomic E-state index is 5.54. The SMILES string of the molecule is COC1CC2CC[NH+](C)CC2CC1OC. The molecule has 3 nitrogen and oxygen atoms in total. The zero-order valence-electron chi connectivity index (χ0n) is 10.2. The van der Waals surface area contributed by atoms with Crippen molar-refractivity contribution in [3.05, 3.63) is 0 Å². The first-order valence-corrected chi connectivity index (χ1v) is 6.11. The number of hydrogen-bond donors (Lipinski definition) is 1. The maximum absolute atomic E-state index is 5.54. The summed E-state index contributed by atoms with van der Waals surface area (Å²) in [5, 5.41) is 0. The van der Waals surface area contributed by atoms with Gasteiger partial charge in [-0.3, -0.25) is 0 Å². The van der Waals surface area contributed by atoms with Crippen molar-refractivity contribution >= 4 is 0 Å². The second-order valence-corrected chi connectivity index (χ2v) is 5.24. The molecule has 1 heterocycles. The lowest BCUT2D eigenvalue weighted by Gasteiger charge is -2.43. The molecule has 0 spiro atoms. The monoisotopic (exact) mass is 214 g/mol. The standard InChI is InChI=1S/C12H23NO2/c1-13-5-4-9-6-11(14-2)12(15-3)7-10(9)8-13/h9-12H,4-8H2,1-3H3/p+1. The molecule has 0 radical (unpaired) electrons. The molecule has 15 heavy (non-hydrogen) atoms. The van der Waals surface area contributed by atoms with Gasteiger partial charge < -0.3 is 14.4 Å². The molecular formula is C12H24NO2+. The van der Waals surface area contributed by atoms with E-state index in [2.05, 4.69) is 7.05 Å². The summed E-state index contributed by atoms with van der Waals surface area (Å²) >= 11 is 0. The smallest absolute Gasteiger partial charge is 0.0837 e. The van der Waals surface area contributed by atoms with Crippen molar-refractivity contribution in [3.63, 3.8) is 0 Å². The second-order valence-electron chi connectivity index (χ2n) is 5.24. The van der Waals surface area contributed by atoms with Crippen molar-refractivity contribution in [2.24, 2.45) is 11.8 Å². The molecule has 3 heteroatoms. The van der Waals surface area contributed by atoms with Crippen molar-refractivity contribution in [2.75, 3.05) is 34.4 Å². The first-order valence-electron chi connectivity index (χ1n) is 6.11. The minimum Gasteiger partial charge on any atom is -0.379 e. The summed E-state index contributed by atoms with van der Waals surface area (Å²) in [5.74, 6) is 1.74. The summed E-state index contributed by atoms with van der Waals surface area (Å²) < 4.78 is 11.1. The summed E-state index contributed by atoms with van der Waals surface area (Å²) in [5.41, 5.74) is 0. The van der Waals surface area contributed by atoms with Crippen LogP contribution in [0, 0.1) is 11.8 Å². The van der Waals surface area contributed by atoms with Crippen LogP contribution in [0.5, 0.6) is 0 Å². The average molecular weight is 214 g/mol. The number of piperidine rings is 1. The van der Waals surface area contributed by atoms with E-state index >= 15 is 0 Å². The van der Waals surface area contributed by atoms with E-state index in [-0.39, 0.29) is 0 Å². The number of hydrogen-bond acceptors (Lipinski definition) is 2. The zero-order valence-corrected chi connectivity index (χ0v) is 10.2. The Morgan fingerprint density at radius 2 is 1.60 bits per heavy atom. The van der Waals surface area contributed by atoms with E-state index in [9.17, 15) is 0 Å². The van der Waals surface area contributed by atoms with E-state index in [4.69, 9.17) is 9.47 Å². The quantitative estimate of drug-likeness (QED) is 0.697. The molecule has 0 bridgehead atoms. The largest absolute Gasteiger partial charge is 0.379 e. The molecule has 1 saturated heterocycles. The fourth-order valence-electron chi connectivity index (χ4n) is 3.37. The molecule has 1 N–H and O–H groups in total. The highest BCUT2D eigenvalue weighted by Gasteiger charge is 2.41. The van der Waals surface area contributed by atoms with Crippen LogP contribution < -0.4 is 4.90 Å². The Morgan fingerprint density at radius 1 is 1.00 bits per heavy atom. The summed E-state index contributed by atoms with van der Waals surface area (Å²) in [6, 6.07) is 0. The molecular weight excluding hydrogens is 190 g/mol. The van der Waals surface area contributed by atoms with E-state index in [1.807, 2.05) is 14.2 Å². The highest BCUT2D eigenvalue weighted by Crippen LogP contribution is 2.35. The number of ether oxygens (including phenoxy) is 2. The second kappa shape index (κ2) is 4.81. The predicted octanol–water partition coefficient (Wildman–Crippen LogP) is -0.0390. The summed E-state index contributed by atoms with van der Waals surface area (Å²) in [6.45, 7) is 2.65. The van der Waals surface area contributed by atoms with Crippen molar-refractivity contribution in [1.82, 2.24) is 0 Å². The number of nitrogens with one attached hydrogen (secondary N) is 1. The summed E-state index contributed by atoms with van der Waals surface area (Å²) in [7, 11) is 5.94. The fourth-order valence-corrected chi connectivity index (χ4v) is 3.37. The van der Waals surface area contributed by atoms with E-state index in [1.54, 1.807) is 4.90 Å². The van der Waals surface area contributed by atoms with Crippen molar-refractivity contribution in [3.8, 4) is 0 Å². The van der Waals surface area contributed by atoms with Crippen LogP contribution in [0.1, 0.15) is 19.3 Å². The molecule has 2 fully saturated rings. The van der Waals surface area contributed by atoms with Crippen molar-refractivity contribution in [1.29, 1.82) is 0 Å². The third-order valence-electron chi connectivity index (χ3n) is 4.31. The molecule has 1 aliphatic heterocycles. The molecule has 0 aromatic heterocycles. The third kappa shape index (κ3) is 2.35. The van der Waals surface area contributed by atoms with Gasteiger partial charge in [-0.2, -0.15) is 0 Å². The predicted molar refractivity (Wildman–Crippen MR) is 59.0 cm³/mol. The van der Waals surface area contributed by atoms with Crippen LogP contribution in [0.2, 0.25) is 0 Å². The zero-order chi connectivity index (χ0) is 10.8. The molecule has 1 aliphatic carbocycles. The Labute approximate surface area is 92.7 Å². The van der Waals surface area contributed by atoms with Gasteiger partial charge in [0.05, 0.1) is 32.3 Å². The lowest BCUT2D eigenvalue weighted by molar-refractivity contribution is -0.890. The number of rotatable bonds is 2. The van der Waals surface area contributed by atoms with E-state index in [1.165, 1.54) is 32.4 Å². The van der Waals surface area contributed by atoms with Crippen molar-refractivity contribution < 1.29 is 14.4 Å². The Bertz CT molecular complexity index is 210.